The summed E-state index contributed by atoms with van der Waals surface area (Å²) >= 11 is 6.11. The van der Waals surface area contributed by atoms with E-state index >= 15 is 0 Å². The molecule has 0 aromatic heterocycles. The number of carbonyl (C=O) groups is 3. The van der Waals surface area contributed by atoms with E-state index in [2.05, 4.69) is 5.32 Å². The highest BCUT2D eigenvalue weighted by molar-refractivity contribution is 6.30. The second kappa shape index (κ2) is 11.6. The molecular formula is C30H32ClN3O3. The lowest BCUT2D eigenvalue weighted by Gasteiger charge is -2.47. The molecule has 0 radical (unpaired) electrons. The maximum atomic E-state index is 14.1. The zero-order chi connectivity index (χ0) is 26.4. The van der Waals surface area contributed by atoms with E-state index in [1.807, 2.05) is 61.5 Å². The average Bonchev–Trinajstić information content (AvgIpc) is 2.92. The van der Waals surface area contributed by atoms with Crippen LogP contribution in [-0.4, -0.2) is 46.1 Å². The maximum Gasteiger partial charge on any atom is 0.255 e. The first-order valence-corrected chi connectivity index (χ1v) is 12.9. The van der Waals surface area contributed by atoms with E-state index in [-0.39, 0.29) is 24.3 Å². The maximum absolute atomic E-state index is 14.1. The fourth-order valence-corrected chi connectivity index (χ4v) is 4.92. The Morgan fingerprint density at radius 3 is 2.11 bits per heavy atom. The van der Waals surface area contributed by atoms with Gasteiger partial charge in [0.25, 0.3) is 5.91 Å². The zero-order valence-corrected chi connectivity index (χ0v) is 22.0. The van der Waals surface area contributed by atoms with Crippen molar-refractivity contribution in [3.05, 3.63) is 106 Å². The van der Waals surface area contributed by atoms with Crippen molar-refractivity contribution in [2.45, 2.75) is 45.3 Å². The van der Waals surface area contributed by atoms with Crippen LogP contribution in [0.25, 0.3) is 0 Å². The SMILES string of the molecule is CC(=O)N1CCC(C(=O)NCc2ccccc2)(N(Cc2ccc(Cl)cc2)C(=O)c2ccc(C)cc2)CC1. The highest BCUT2D eigenvalue weighted by Crippen LogP contribution is 2.33. The van der Waals surface area contributed by atoms with Crippen molar-refractivity contribution in [1.82, 2.24) is 15.1 Å². The Labute approximate surface area is 223 Å². The number of aryl methyl sites for hydroxylation is 1. The minimum Gasteiger partial charge on any atom is -0.350 e. The van der Waals surface area contributed by atoms with Gasteiger partial charge < -0.3 is 15.1 Å². The minimum absolute atomic E-state index is 0.0348. The number of hydrogen-bond acceptors (Lipinski definition) is 3. The number of nitrogens with one attached hydrogen (secondary N) is 1. The van der Waals surface area contributed by atoms with Gasteiger partial charge >= 0.3 is 0 Å². The van der Waals surface area contributed by atoms with E-state index in [9.17, 15) is 14.4 Å². The Bertz CT molecular complexity index is 1240. The van der Waals surface area contributed by atoms with Crippen LogP contribution in [0.2, 0.25) is 5.02 Å². The summed E-state index contributed by atoms with van der Waals surface area (Å²) in [5.74, 6) is -0.470. The van der Waals surface area contributed by atoms with E-state index in [1.54, 1.807) is 34.1 Å². The fourth-order valence-electron chi connectivity index (χ4n) is 4.80. The third kappa shape index (κ3) is 6.20. The van der Waals surface area contributed by atoms with Crippen LogP contribution in [0.4, 0.5) is 0 Å². The lowest BCUT2D eigenvalue weighted by molar-refractivity contribution is -0.141. The predicted molar refractivity (Wildman–Crippen MR) is 145 cm³/mol. The van der Waals surface area contributed by atoms with Crippen LogP contribution in [0.1, 0.15) is 46.8 Å². The zero-order valence-electron chi connectivity index (χ0n) is 21.2. The van der Waals surface area contributed by atoms with Gasteiger partial charge in [-0.05, 0) is 55.2 Å². The van der Waals surface area contributed by atoms with E-state index in [1.165, 1.54) is 6.92 Å². The standard InChI is InChI=1S/C30H32ClN3O3/c1-22-8-12-26(13-9-22)28(36)34(21-25-10-14-27(31)15-11-25)30(16-18-33(19-17-30)23(2)35)29(37)32-20-24-6-4-3-5-7-24/h3-15H,16-21H2,1-2H3,(H,32,37). The molecule has 7 heteroatoms. The number of nitrogens with zero attached hydrogens (tertiary/aromatic N) is 2. The number of hydrogen-bond donors (Lipinski definition) is 1. The number of benzene rings is 3. The predicted octanol–water partition coefficient (Wildman–Crippen LogP) is 4.99. The smallest absolute Gasteiger partial charge is 0.255 e. The Balaban J connectivity index is 1.72. The van der Waals surface area contributed by atoms with E-state index in [0.717, 1.165) is 16.7 Å². The van der Waals surface area contributed by atoms with E-state index in [4.69, 9.17) is 11.6 Å². The summed E-state index contributed by atoms with van der Waals surface area (Å²) in [5.41, 5.74) is 2.28. The van der Waals surface area contributed by atoms with Crippen molar-refractivity contribution in [2.24, 2.45) is 0 Å². The number of likely N-dealkylation sites (tertiary alicyclic amines) is 1. The molecule has 37 heavy (non-hydrogen) atoms. The van der Waals surface area contributed by atoms with Gasteiger partial charge in [0, 0.05) is 43.7 Å². The van der Waals surface area contributed by atoms with Crippen molar-refractivity contribution < 1.29 is 14.4 Å². The summed E-state index contributed by atoms with van der Waals surface area (Å²) in [4.78, 5) is 43.6. The van der Waals surface area contributed by atoms with Gasteiger partial charge in [0.15, 0.2) is 0 Å². The van der Waals surface area contributed by atoms with Crippen LogP contribution in [0.15, 0.2) is 78.9 Å². The first kappa shape index (κ1) is 26.4. The van der Waals surface area contributed by atoms with Gasteiger partial charge in [0.1, 0.15) is 5.54 Å². The topological polar surface area (TPSA) is 69.7 Å². The molecule has 0 spiro atoms. The molecule has 1 aliphatic rings. The summed E-state index contributed by atoms with van der Waals surface area (Å²) in [6, 6.07) is 24.4. The van der Waals surface area contributed by atoms with Crippen LogP contribution in [0.5, 0.6) is 0 Å². The molecule has 192 valence electrons. The third-order valence-corrected chi connectivity index (χ3v) is 7.32. The van der Waals surface area contributed by atoms with Gasteiger partial charge in [-0.15, -0.1) is 0 Å². The largest absolute Gasteiger partial charge is 0.350 e. The third-order valence-electron chi connectivity index (χ3n) is 7.07. The Hall–Kier alpha value is -3.64. The minimum atomic E-state index is -1.12. The molecule has 4 rings (SSSR count). The molecule has 1 N–H and O–H groups in total. The summed E-state index contributed by atoms with van der Waals surface area (Å²) in [6.45, 7) is 4.88. The van der Waals surface area contributed by atoms with Crippen molar-refractivity contribution >= 4 is 29.3 Å². The van der Waals surface area contributed by atoms with E-state index < -0.39 is 5.54 Å². The van der Waals surface area contributed by atoms with Crippen molar-refractivity contribution in [3.8, 4) is 0 Å². The lowest BCUT2D eigenvalue weighted by atomic mass is 9.83. The number of amides is 3. The summed E-state index contributed by atoms with van der Waals surface area (Å²) in [5, 5.41) is 3.69. The van der Waals surface area contributed by atoms with Gasteiger partial charge in [-0.2, -0.15) is 0 Å². The fraction of sp³-hybridized carbons (Fsp3) is 0.300. The Morgan fingerprint density at radius 2 is 1.51 bits per heavy atom. The van der Waals surface area contributed by atoms with Crippen LogP contribution >= 0.6 is 11.6 Å². The molecule has 1 fully saturated rings. The van der Waals surface area contributed by atoms with Gasteiger partial charge in [-0.1, -0.05) is 71.8 Å². The number of halogens is 1. The molecule has 1 heterocycles. The summed E-state index contributed by atoms with van der Waals surface area (Å²) < 4.78 is 0. The molecule has 3 amide bonds. The molecule has 6 nitrogen and oxygen atoms in total. The number of carbonyl (C=O) groups excluding carboxylic acids is 3. The molecule has 1 aliphatic heterocycles. The monoisotopic (exact) mass is 517 g/mol. The highest BCUT2D eigenvalue weighted by Gasteiger charge is 2.48. The first-order valence-electron chi connectivity index (χ1n) is 12.5. The van der Waals surface area contributed by atoms with Crippen molar-refractivity contribution in [3.63, 3.8) is 0 Å². The summed E-state index contributed by atoms with van der Waals surface area (Å²) in [6.07, 6.45) is 0.691. The highest BCUT2D eigenvalue weighted by atomic mass is 35.5. The Morgan fingerprint density at radius 1 is 0.892 bits per heavy atom. The molecule has 0 atom stereocenters. The lowest BCUT2D eigenvalue weighted by Crippen LogP contribution is -2.64. The van der Waals surface area contributed by atoms with Gasteiger partial charge in [0.05, 0.1) is 0 Å². The number of rotatable bonds is 7. The summed E-state index contributed by atoms with van der Waals surface area (Å²) in [7, 11) is 0. The second-order valence-electron chi connectivity index (χ2n) is 9.59. The van der Waals surface area contributed by atoms with Gasteiger partial charge in [0.2, 0.25) is 11.8 Å². The molecule has 0 saturated carbocycles. The van der Waals surface area contributed by atoms with Crippen LogP contribution in [-0.2, 0) is 22.7 Å². The molecule has 3 aromatic carbocycles. The molecule has 0 bridgehead atoms. The molecule has 3 aromatic rings. The normalized spacial score (nSPS) is 14.6. The van der Waals surface area contributed by atoms with Gasteiger partial charge in [-0.25, -0.2) is 0 Å². The first-order chi connectivity index (χ1) is 17.8. The Kier molecular flexibility index (Phi) is 8.29. The molecule has 0 unspecified atom stereocenters. The molecule has 0 aliphatic carbocycles. The quantitative estimate of drug-likeness (QED) is 0.480. The van der Waals surface area contributed by atoms with E-state index in [0.29, 0.717) is 43.1 Å². The van der Waals surface area contributed by atoms with Crippen molar-refractivity contribution in [2.75, 3.05) is 13.1 Å². The van der Waals surface area contributed by atoms with Crippen molar-refractivity contribution in [1.29, 1.82) is 0 Å². The molecule has 1 saturated heterocycles. The average molecular weight is 518 g/mol. The molecular weight excluding hydrogens is 486 g/mol. The van der Waals surface area contributed by atoms with Gasteiger partial charge in [-0.3, -0.25) is 14.4 Å². The van der Waals surface area contributed by atoms with Crippen LogP contribution < -0.4 is 5.32 Å². The van der Waals surface area contributed by atoms with Crippen LogP contribution in [0.3, 0.4) is 0 Å². The van der Waals surface area contributed by atoms with Crippen LogP contribution in [0, 0.1) is 6.92 Å². The second-order valence-corrected chi connectivity index (χ2v) is 10.0. The number of piperidine rings is 1.